The zero-order chi connectivity index (χ0) is 13.7. The van der Waals surface area contributed by atoms with Gasteiger partial charge in [0.15, 0.2) is 0 Å². The van der Waals surface area contributed by atoms with Crippen LogP contribution in [0.3, 0.4) is 0 Å². The van der Waals surface area contributed by atoms with Gasteiger partial charge in [-0.2, -0.15) is 4.31 Å². The van der Waals surface area contributed by atoms with E-state index >= 15 is 0 Å². The van der Waals surface area contributed by atoms with Crippen LogP contribution in [0.5, 0.6) is 0 Å². The summed E-state index contributed by atoms with van der Waals surface area (Å²) >= 11 is 3.42. The molecule has 0 spiro atoms. The molecule has 0 bridgehead atoms. The van der Waals surface area contributed by atoms with Gasteiger partial charge in [0.05, 0.1) is 0 Å². The van der Waals surface area contributed by atoms with Crippen LogP contribution < -0.4 is 0 Å². The van der Waals surface area contributed by atoms with Crippen molar-refractivity contribution in [3.63, 3.8) is 0 Å². The fourth-order valence-corrected chi connectivity index (χ4v) is 4.12. The Hall–Kier alpha value is -0.500. The Balaban J connectivity index is 2.10. The first-order valence-corrected chi connectivity index (χ1v) is 8.89. The number of alkyl halides is 1. The molecule has 1 saturated heterocycles. The summed E-state index contributed by atoms with van der Waals surface area (Å²) in [6.07, 6.45) is 3.86. The van der Waals surface area contributed by atoms with Crippen LogP contribution in [0.25, 0.3) is 0 Å². The quantitative estimate of drug-likeness (QED) is 0.767. The van der Waals surface area contributed by atoms with Gasteiger partial charge < -0.3 is 4.90 Å². The van der Waals surface area contributed by atoms with E-state index in [1.165, 1.54) is 6.20 Å². The molecule has 0 atom stereocenters. The summed E-state index contributed by atoms with van der Waals surface area (Å²) in [7, 11) is -3.39. The number of pyridine rings is 1. The van der Waals surface area contributed by atoms with Gasteiger partial charge in [0.25, 0.3) is 0 Å². The summed E-state index contributed by atoms with van der Waals surface area (Å²) in [5.41, 5.74) is 0. The van der Waals surface area contributed by atoms with Crippen molar-refractivity contribution < 1.29 is 8.42 Å². The molecule has 2 heterocycles. The highest BCUT2D eigenvalue weighted by atomic mass is 79.9. The predicted octanol–water partition coefficient (Wildman–Crippen LogP) is 1.17. The molecule has 0 N–H and O–H groups in total. The molecule has 0 aromatic carbocycles. The van der Waals surface area contributed by atoms with Gasteiger partial charge in [0, 0.05) is 43.9 Å². The highest BCUT2D eigenvalue weighted by molar-refractivity contribution is 9.09. The summed E-state index contributed by atoms with van der Waals surface area (Å²) in [5, 5.41) is 0.919. The fraction of sp³-hybridized carbons (Fsp3) is 0.583. The van der Waals surface area contributed by atoms with Crippen LogP contribution in [0.15, 0.2) is 29.4 Å². The smallest absolute Gasteiger partial charge is 0.244 e. The van der Waals surface area contributed by atoms with E-state index in [0.717, 1.165) is 31.4 Å². The normalized spacial score (nSPS) is 19.2. The molecule has 106 valence electrons. The Morgan fingerprint density at radius 1 is 1.26 bits per heavy atom. The van der Waals surface area contributed by atoms with Crippen molar-refractivity contribution in [2.75, 3.05) is 38.1 Å². The topological polar surface area (TPSA) is 53.5 Å². The molecular weight excluding hydrogens is 330 g/mol. The van der Waals surface area contributed by atoms with Gasteiger partial charge in [-0.25, -0.2) is 8.42 Å². The Kier molecular flexibility index (Phi) is 5.32. The monoisotopic (exact) mass is 347 g/mol. The van der Waals surface area contributed by atoms with E-state index < -0.39 is 10.0 Å². The number of rotatable bonds is 4. The van der Waals surface area contributed by atoms with E-state index in [0.29, 0.717) is 13.1 Å². The number of sulfonamides is 1. The first-order chi connectivity index (χ1) is 9.14. The Labute approximate surface area is 122 Å². The molecule has 0 unspecified atom stereocenters. The third-order valence-corrected chi connectivity index (χ3v) is 5.46. The molecule has 1 aromatic rings. The van der Waals surface area contributed by atoms with Crippen LogP contribution >= 0.6 is 15.9 Å². The Morgan fingerprint density at radius 3 is 2.79 bits per heavy atom. The number of nitrogens with zero attached hydrogens (tertiary/aromatic N) is 3. The lowest BCUT2D eigenvalue weighted by Gasteiger charge is -2.21. The molecule has 19 heavy (non-hydrogen) atoms. The van der Waals surface area contributed by atoms with Gasteiger partial charge in [-0.15, -0.1) is 0 Å². The third kappa shape index (κ3) is 3.75. The van der Waals surface area contributed by atoms with E-state index in [1.54, 1.807) is 22.6 Å². The zero-order valence-electron chi connectivity index (χ0n) is 10.7. The standard InChI is InChI=1S/C12H18BrN3O2S/c13-4-8-15-6-2-7-16(10-9-15)19(17,18)12-3-1-5-14-11-12/h1,3,5,11H,2,4,6-10H2. The van der Waals surface area contributed by atoms with E-state index in [2.05, 4.69) is 25.8 Å². The number of halogens is 1. The van der Waals surface area contributed by atoms with Gasteiger partial charge in [-0.05, 0) is 25.1 Å². The molecule has 0 aliphatic carbocycles. The van der Waals surface area contributed by atoms with Gasteiger partial charge >= 0.3 is 0 Å². The van der Waals surface area contributed by atoms with Crippen molar-refractivity contribution >= 4 is 26.0 Å². The molecule has 1 aliphatic heterocycles. The summed E-state index contributed by atoms with van der Waals surface area (Å²) < 4.78 is 26.5. The van der Waals surface area contributed by atoms with Gasteiger partial charge in [-0.1, -0.05) is 15.9 Å². The lowest BCUT2D eigenvalue weighted by molar-refractivity contribution is 0.305. The van der Waals surface area contributed by atoms with Crippen LogP contribution in [0.1, 0.15) is 6.42 Å². The number of aromatic nitrogens is 1. The maximum Gasteiger partial charge on any atom is 0.244 e. The summed E-state index contributed by atoms with van der Waals surface area (Å²) in [6.45, 7) is 3.82. The number of hydrogen-bond acceptors (Lipinski definition) is 4. The first-order valence-electron chi connectivity index (χ1n) is 6.33. The van der Waals surface area contributed by atoms with E-state index in [1.807, 2.05) is 0 Å². The van der Waals surface area contributed by atoms with E-state index in [4.69, 9.17) is 0 Å². The second kappa shape index (κ2) is 6.78. The fourth-order valence-electron chi connectivity index (χ4n) is 2.18. The second-order valence-electron chi connectivity index (χ2n) is 4.48. The third-order valence-electron chi connectivity index (χ3n) is 3.22. The van der Waals surface area contributed by atoms with Crippen LogP contribution in [-0.2, 0) is 10.0 Å². The van der Waals surface area contributed by atoms with Crippen LogP contribution in [-0.4, -0.2) is 60.7 Å². The highest BCUT2D eigenvalue weighted by Gasteiger charge is 2.26. The van der Waals surface area contributed by atoms with Gasteiger partial charge in [-0.3, -0.25) is 4.98 Å². The van der Waals surface area contributed by atoms with Crippen molar-refractivity contribution in [2.45, 2.75) is 11.3 Å². The van der Waals surface area contributed by atoms with Crippen LogP contribution in [0.4, 0.5) is 0 Å². The molecule has 7 heteroatoms. The van der Waals surface area contributed by atoms with Crippen molar-refractivity contribution in [1.29, 1.82) is 0 Å². The summed E-state index contributed by atoms with van der Waals surface area (Å²) in [6, 6.07) is 3.26. The van der Waals surface area contributed by atoms with Gasteiger partial charge in [0.2, 0.25) is 10.0 Å². The average Bonchev–Trinajstić information content (AvgIpc) is 2.66. The molecule has 1 aromatic heterocycles. The number of hydrogen-bond donors (Lipinski definition) is 0. The molecule has 0 saturated carbocycles. The minimum atomic E-state index is -3.39. The average molecular weight is 348 g/mol. The molecule has 0 amide bonds. The minimum Gasteiger partial charge on any atom is -0.301 e. The van der Waals surface area contributed by atoms with Gasteiger partial charge in [0.1, 0.15) is 4.90 Å². The second-order valence-corrected chi connectivity index (χ2v) is 7.21. The lowest BCUT2D eigenvalue weighted by Crippen LogP contribution is -2.35. The van der Waals surface area contributed by atoms with Crippen molar-refractivity contribution in [3.8, 4) is 0 Å². The molecule has 2 rings (SSSR count). The highest BCUT2D eigenvalue weighted by Crippen LogP contribution is 2.16. The molecule has 5 nitrogen and oxygen atoms in total. The zero-order valence-corrected chi connectivity index (χ0v) is 13.1. The SMILES string of the molecule is O=S(=O)(c1cccnc1)N1CCCN(CCBr)CC1. The van der Waals surface area contributed by atoms with Crippen LogP contribution in [0, 0.1) is 0 Å². The molecule has 1 fully saturated rings. The summed E-state index contributed by atoms with van der Waals surface area (Å²) in [4.78, 5) is 6.46. The maximum atomic E-state index is 12.5. The van der Waals surface area contributed by atoms with Crippen molar-refractivity contribution in [3.05, 3.63) is 24.5 Å². The predicted molar refractivity (Wildman–Crippen MR) is 77.8 cm³/mol. The minimum absolute atomic E-state index is 0.281. The Bertz CT molecular complexity index is 495. The maximum absolute atomic E-state index is 12.5. The van der Waals surface area contributed by atoms with E-state index in [9.17, 15) is 8.42 Å². The molecular formula is C12H18BrN3O2S. The first kappa shape index (κ1) is 14.9. The van der Waals surface area contributed by atoms with Crippen molar-refractivity contribution in [1.82, 2.24) is 14.2 Å². The molecule has 1 aliphatic rings. The largest absolute Gasteiger partial charge is 0.301 e. The molecule has 0 radical (unpaired) electrons. The van der Waals surface area contributed by atoms with Crippen LogP contribution in [0.2, 0.25) is 0 Å². The van der Waals surface area contributed by atoms with E-state index in [-0.39, 0.29) is 4.90 Å². The lowest BCUT2D eigenvalue weighted by atomic mass is 10.4. The Morgan fingerprint density at radius 2 is 2.11 bits per heavy atom. The van der Waals surface area contributed by atoms with Crippen molar-refractivity contribution in [2.24, 2.45) is 0 Å². The summed E-state index contributed by atoms with van der Waals surface area (Å²) in [5.74, 6) is 0.